The van der Waals surface area contributed by atoms with Gasteiger partial charge in [0.05, 0.1) is 25.3 Å². The fraction of sp³-hybridized carbons (Fsp3) is 0.611. The van der Waals surface area contributed by atoms with Gasteiger partial charge in [-0.3, -0.25) is 14.9 Å². The standard InChI is InChI=1S/C36H50ClN3O10S/c1-20-10-9-11-27(47-8)36(45)19-26(48-34(44)38-36)21(2)15-29-35(4,50-29)28(49-33(43)22(3)39(5)30(41)12-13-51)18-31(42)40(6)24-16-23(14-20)17-25(46-7)32(24)37/h9-11,16-17,21-22,26-29,45,51H,12-15,18-19H2,1-8H3,(H,38,44)/t21-,22-,26-,27+,28-,29?,35-,36-/m0/s1. The van der Waals surface area contributed by atoms with Crippen molar-refractivity contribution in [2.45, 2.75) is 102 Å². The summed E-state index contributed by atoms with van der Waals surface area (Å²) >= 11 is 10.9. The van der Waals surface area contributed by atoms with Crippen molar-refractivity contribution in [1.82, 2.24) is 10.2 Å². The Balaban J connectivity index is 1.75. The maximum Gasteiger partial charge on any atom is 0.409 e. The van der Waals surface area contributed by atoms with Gasteiger partial charge in [-0.1, -0.05) is 42.3 Å². The molecule has 0 aromatic heterocycles. The van der Waals surface area contributed by atoms with Crippen LogP contribution in [0.1, 0.15) is 58.9 Å². The summed E-state index contributed by atoms with van der Waals surface area (Å²) in [5, 5.41) is 14.4. The van der Waals surface area contributed by atoms with Crippen LogP contribution in [0.2, 0.25) is 5.02 Å². The van der Waals surface area contributed by atoms with E-state index in [1.807, 2.05) is 19.9 Å². The van der Waals surface area contributed by atoms with Crippen LogP contribution in [0.3, 0.4) is 0 Å². The number of methoxy groups -OCH3 is 2. The van der Waals surface area contributed by atoms with Crippen molar-refractivity contribution in [2.24, 2.45) is 5.92 Å². The second-order valence-electron chi connectivity index (χ2n) is 13.8. The van der Waals surface area contributed by atoms with Gasteiger partial charge in [-0.2, -0.15) is 12.6 Å². The molecular formula is C36H50ClN3O10S. The topological polar surface area (TPSA) is 156 Å². The van der Waals surface area contributed by atoms with Crippen LogP contribution < -0.4 is 15.0 Å². The smallest absolute Gasteiger partial charge is 0.409 e. The number of carbonyl (C=O) groups is 4. The van der Waals surface area contributed by atoms with E-state index in [4.69, 9.17) is 35.3 Å². The Bertz CT molecular complexity index is 1560. The highest BCUT2D eigenvalue weighted by atomic mass is 35.5. The molecule has 3 heterocycles. The summed E-state index contributed by atoms with van der Waals surface area (Å²) in [7, 11) is 6.03. The molecule has 4 rings (SSSR count). The fourth-order valence-electron chi connectivity index (χ4n) is 6.52. The third kappa shape index (κ3) is 9.20. The van der Waals surface area contributed by atoms with Gasteiger partial charge in [-0.05, 0) is 63.0 Å². The van der Waals surface area contributed by atoms with E-state index in [1.54, 1.807) is 45.2 Å². The number of halogens is 1. The molecule has 8 atom stereocenters. The average molecular weight is 752 g/mol. The molecule has 1 unspecified atom stereocenters. The van der Waals surface area contributed by atoms with Crippen LogP contribution in [0.25, 0.3) is 0 Å². The van der Waals surface area contributed by atoms with Gasteiger partial charge in [0.1, 0.15) is 40.7 Å². The number of thiol groups is 1. The molecule has 1 aromatic rings. The molecule has 4 bridgehead atoms. The second kappa shape index (κ2) is 16.6. The van der Waals surface area contributed by atoms with Crippen LogP contribution in [-0.2, 0) is 39.8 Å². The number of esters is 1. The zero-order chi connectivity index (χ0) is 37.8. The lowest BCUT2D eigenvalue weighted by atomic mass is 9.85. The molecule has 15 heteroatoms. The number of rotatable bonds is 7. The average Bonchev–Trinajstić information content (AvgIpc) is 3.74. The van der Waals surface area contributed by atoms with Crippen molar-refractivity contribution in [1.29, 1.82) is 0 Å². The zero-order valence-electron chi connectivity index (χ0n) is 30.4. The van der Waals surface area contributed by atoms with Crippen LogP contribution in [0.4, 0.5) is 10.5 Å². The number of likely N-dealkylation sites (N-methyl/N-ethyl adjacent to an activating group) is 1. The van der Waals surface area contributed by atoms with Crippen LogP contribution in [0.5, 0.6) is 5.75 Å². The predicted molar refractivity (Wildman–Crippen MR) is 194 cm³/mol. The molecule has 2 saturated heterocycles. The van der Waals surface area contributed by atoms with Gasteiger partial charge in [0.25, 0.3) is 0 Å². The maximum absolute atomic E-state index is 14.0. The molecular weight excluding hydrogens is 702 g/mol. The van der Waals surface area contributed by atoms with Crippen molar-refractivity contribution in [3.63, 3.8) is 0 Å². The highest BCUT2D eigenvalue weighted by Gasteiger charge is 2.61. The second-order valence-corrected chi connectivity index (χ2v) is 14.6. The first-order valence-electron chi connectivity index (χ1n) is 16.9. The van der Waals surface area contributed by atoms with E-state index in [1.165, 1.54) is 31.1 Å². The Kier molecular flexibility index (Phi) is 13.2. The van der Waals surface area contributed by atoms with E-state index in [2.05, 4.69) is 17.9 Å². The number of allylic oxidation sites excluding steroid dienone is 3. The summed E-state index contributed by atoms with van der Waals surface area (Å²) in [5.74, 6) is -1.02. The van der Waals surface area contributed by atoms with Gasteiger partial charge in [0.15, 0.2) is 5.72 Å². The van der Waals surface area contributed by atoms with Crippen molar-refractivity contribution in [3.05, 3.63) is 46.5 Å². The molecule has 0 spiro atoms. The number of hydrogen-bond donors (Lipinski definition) is 3. The quantitative estimate of drug-likeness (QED) is 0.210. The first-order chi connectivity index (χ1) is 24.0. The number of amides is 3. The van der Waals surface area contributed by atoms with Gasteiger partial charge >= 0.3 is 12.1 Å². The number of aliphatic hydroxyl groups is 1. The number of benzene rings is 1. The van der Waals surface area contributed by atoms with E-state index in [-0.39, 0.29) is 36.1 Å². The summed E-state index contributed by atoms with van der Waals surface area (Å²) in [6.45, 7) is 7.10. The molecule has 282 valence electrons. The third-order valence-corrected chi connectivity index (χ3v) is 10.7. The lowest BCUT2D eigenvalue weighted by Crippen LogP contribution is -2.63. The highest BCUT2D eigenvalue weighted by Crippen LogP contribution is 2.47. The first kappa shape index (κ1) is 40.5. The Morgan fingerprint density at radius 2 is 1.98 bits per heavy atom. The Labute approximate surface area is 310 Å². The van der Waals surface area contributed by atoms with Gasteiger partial charge < -0.3 is 38.6 Å². The van der Waals surface area contributed by atoms with E-state index < -0.39 is 59.8 Å². The van der Waals surface area contributed by atoms with Crippen molar-refractivity contribution in [2.75, 3.05) is 39.0 Å². The number of nitrogens with zero attached hydrogens (tertiary/aromatic N) is 2. The minimum absolute atomic E-state index is 0.0219. The summed E-state index contributed by atoms with van der Waals surface area (Å²) < 4.78 is 29.0. The number of alkyl carbamates (subject to hydrolysis) is 1. The first-order valence-corrected chi connectivity index (χ1v) is 17.9. The van der Waals surface area contributed by atoms with E-state index in [9.17, 15) is 24.3 Å². The van der Waals surface area contributed by atoms with Gasteiger partial charge in [0, 0.05) is 34.0 Å². The summed E-state index contributed by atoms with van der Waals surface area (Å²) in [4.78, 5) is 55.5. The molecule has 0 saturated carbocycles. The molecule has 3 amide bonds. The number of anilines is 1. The lowest BCUT2D eigenvalue weighted by Gasteiger charge is -2.42. The molecule has 1 aromatic carbocycles. The number of fused-ring (bicyclic) bond motifs is 5. The molecule has 13 nitrogen and oxygen atoms in total. The van der Waals surface area contributed by atoms with E-state index in [0.717, 1.165) is 11.1 Å². The minimum Gasteiger partial charge on any atom is -0.495 e. The predicted octanol–water partition coefficient (Wildman–Crippen LogP) is 4.22. The molecule has 0 radical (unpaired) electrons. The Morgan fingerprint density at radius 3 is 2.63 bits per heavy atom. The number of hydrogen-bond acceptors (Lipinski definition) is 11. The highest BCUT2D eigenvalue weighted by molar-refractivity contribution is 7.80. The number of ether oxygens (including phenoxy) is 5. The van der Waals surface area contributed by atoms with Crippen molar-refractivity contribution < 1.29 is 48.0 Å². The van der Waals surface area contributed by atoms with Gasteiger partial charge in [-0.25, -0.2) is 9.59 Å². The van der Waals surface area contributed by atoms with Crippen LogP contribution in [0.15, 0.2) is 35.9 Å². The third-order valence-electron chi connectivity index (χ3n) is 10.1. The number of epoxide rings is 1. The van der Waals surface area contributed by atoms with Gasteiger partial charge in [-0.15, -0.1) is 0 Å². The Hall–Kier alpha value is -3.30. The normalized spacial score (nSPS) is 30.5. The van der Waals surface area contributed by atoms with Crippen molar-refractivity contribution >= 4 is 53.8 Å². The summed E-state index contributed by atoms with van der Waals surface area (Å²) in [5.41, 5.74) is -0.737. The van der Waals surface area contributed by atoms with Gasteiger partial charge in [0.2, 0.25) is 11.8 Å². The lowest BCUT2D eigenvalue weighted by molar-refractivity contribution is -0.162. The zero-order valence-corrected chi connectivity index (χ0v) is 32.1. The largest absolute Gasteiger partial charge is 0.495 e. The molecule has 2 fully saturated rings. The molecule has 51 heavy (non-hydrogen) atoms. The fourth-order valence-corrected chi connectivity index (χ4v) is 7.02. The number of carbonyl (C=O) groups excluding carboxylic acids is 4. The molecule has 3 aliphatic rings. The Morgan fingerprint density at radius 1 is 1.27 bits per heavy atom. The minimum atomic E-state index is -1.77. The van der Waals surface area contributed by atoms with Crippen LogP contribution >= 0.6 is 24.2 Å². The molecule has 3 aliphatic heterocycles. The monoisotopic (exact) mass is 751 g/mol. The maximum atomic E-state index is 14.0. The van der Waals surface area contributed by atoms with E-state index in [0.29, 0.717) is 30.0 Å². The van der Waals surface area contributed by atoms with Crippen LogP contribution in [-0.4, -0.2) is 110 Å². The number of nitrogens with one attached hydrogen (secondary N) is 1. The molecule has 0 aliphatic carbocycles. The van der Waals surface area contributed by atoms with E-state index >= 15 is 0 Å². The van der Waals surface area contributed by atoms with Crippen LogP contribution in [0, 0.1) is 5.92 Å². The SMILES string of the molecule is COc1cc2cc(c1Cl)N(C)C(=O)C[C@H](OC(=O)[C@H](C)N(C)C(=O)CCS)[C@]1(C)OC1C[C@H](C)[C@@H]1C[C@@](O)(NC(=O)O1)[C@H](OC)C=CC=C(C)C2. The summed E-state index contributed by atoms with van der Waals surface area (Å²) in [6, 6.07) is 2.64. The molecule has 2 N–H and O–H groups in total. The summed E-state index contributed by atoms with van der Waals surface area (Å²) in [6.07, 6.45) is 2.01. The van der Waals surface area contributed by atoms with Crippen molar-refractivity contribution in [3.8, 4) is 5.75 Å².